The van der Waals surface area contributed by atoms with Gasteiger partial charge in [-0.05, 0) is 0 Å². The molecule has 0 aliphatic rings. The van der Waals surface area contributed by atoms with Crippen LogP contribution >= 0.6 is 0 Å². The molecule has 0 aromatic rings. The van der Waals surface area contributed by atoms with Gasteiger partial charge in [0.1, 0.15) is 0 Å². The Morgan fingerprint density at radius 3 is 1.09 bits per heavy atom. The fraction of sp³-hybridized carbons (Fsp3) is 0.500. The second-order valence-electron chi connectivity index (χ2n) is 1.20. The van der Waals surface area contributed by atoms with Gasteiger partial charge in [-0.2, -0.15) is 0 Å². The van der Waals surface area contributed by atoms with Gasteiger partial charge in [0, 0.05) is 21.1 Å². The fourth-order valence-corrected chi connectivity index (χ4v) is 0. The van der Waals surface area contributed by atoms with E-state index in [0.29, 0.717) is 0 Å². The fourth-order valence-electron chi connectivity index (χ4n) is 0. The maximum Gasteiger partial charge on any atom is 0.317 e. The monoisotopic (exact) mass is 345 g/mol. The largest absolute Gasteiger partial charge is 0.480 e. The number of carboxylic acids is 2. The van der Waals surface area contributed by atoms with Crippen LogP contribution in [0.15, 0.2) is 0 Å². The Hall–Kier alpha value is -0.452. The topological polar surface area (TPSA) is 127 Å². The first-order valence-electron chi connectivity index (χ1n) is 2.38. The smallest absolute Gasteiger partial charge is 0.317 e. The van der Waals surface area contributed by atoms with E-state index in [0.717, 1.165) is 0 Å². The van der Waals surface area contributed by atoms with Gasteiger partial charge in [0.25, 0.3) is 0 Å². The summed E-state index contributed by atoms with van der Waals surface area (Å²) in [5, 5.41) is 15.2. The molecule has 6 N–H and O–H groups in total. The number of nitrogens with two attached hydrogens (primary N) is 2. The van der Waals surface area contributed by atoms with Gasteiger partial charge in [0.15, 0.2) is 0 Å². The minimum absolute atomic E-state index is 0. The summed E-state index contributed by atoms with van der Waals surface area (Å²) in [7, 11) is 0. The Morgan fingerprint density at radius 1 is 1.00 bits per heavy atom. The van der Waals surface area contributed by atoms with Crippen molar-refractivity contribution in [2.45, 2.75) is 0 Å². The predicted octanol–water partition coefficient (Wildman–Crippen LogP) is -1.94. The summed E-state index contributed by atoms with van der Waals surface area (Å²) in [5.41, 5.74) is 9.14. The molecule has 0 aliphatic carbocycles. The summed E-state index contributed by atoms with van der Waals surface area (Å²) in [6, 6.07) is 0. The zero-order chi connectivity index (χ0) is 8.57. The maximum absolute atomic E-state index is 9.24. The number of rotatable bonds is 2. The molecule has 6 nitrogen and oxygen atoms in total. The molecule has 0 atom stereocenters. The van der Waals surface area contributed by atoms with E-state index in [9.17, 15) is 9.59 Å². The quantitative estimate of drug-likeness (QED) is 0.461. The predicted molar refractivity (Wildman–Crippen MR) is 33.4 cm³/mol. The number of hydrogen-bond acceptors (Lipinski definition) is 4. The van der Waals surface area contributed by atoms with Gasteiger partial charge in [0.2, 0.25) is 0 Å². The van der Waals surface area contributed by atoms with E-state index in [-0.39, 0.29) is 34.2 Å². The van der Waals surface area contributed by atoms with E-state index in [1.54, 1.807) is 0 Å². The third kappa shape index (κ3) is 43.2. The molecule has 0 saturated carbocycles. The molecule has 0 aliphatic heterocycles. The molecule has 11 heavy (non-hydrogen) atoms. The van der Waals surface area contributed by atoms with E-state index >= 15 is 0 Å². The summed E-state index contributed by atoms with van der Waals surface area (Å²) in [4.78, 5) is 18.5. The maximum atomic E-state index is 9.24. The Bertz CT molecular complexity index is 105. The van der Waals surface area contributed by atoms with E-state index in [4.69, 9.17) is 10.2 Å². The van der Waals surface area contributed by atoms with Gasteiger partial charge in [0.05, 0.1) is 13.1 Å². The summed E-state index contributed by atoms with van der Waals surface area (Å²) in [5.74, 6) is -1.94. The van der Waals surface area contributed by atoms with Gasteiger partial charge in [-0.25, -0.2) is 0 Å². The van der Waals surface area contributed by atoms with Crippen molar-refractivity contribution in [1.82, 2.24) is 0 Å². The Balaban J connectivity index is -0.000000107. The molecule has 0 heterocycles. The SMILES string of the molecule is NCC(=O)O.NCC(=O)O.[Pt]. The van der Waals surface area contributed by atoms with Crippen molar-refractivity contribution in [2.75, 3.05) is 13.1 Å². The van der Waals surface area contributed by atoms with Crippen molar-refractivity contribution in [3.63, 3.8) is 0 Å². The van der Waals surface area contributed by atoms with Crippen molar-refractivity contribution in [3.05, 3.63) is 0 Å². The Labute approximate surface area is 77.8 Å². The first kappa shape index (κ1) is 16.9. The zero-order valence-electron chi connectivity index (χ0n) is 5.60. The number of carbonyl (C=O) groups is 2. The van der Waals surface area contributed by atoms with Gasteiger partial charge < -0.3 is 21.7 Å². The molecule has 0 unspecified atom stereocenters. The molecular weight excluding hydrogens is 335 g/mol. The van der Waals surface area contributed by atoms with Crippen LogP contribution in [-0.2, 0) is 30.7 Å². The molecule has 0 bridgehead atoms. The molecule has 0 saturated heterocycles. The van der Waals surface area contributed by atoms with Gasteiger partial charge in [-0.1, -0.05) is 0 Å². The van der Waals surface area contributed by atoms with Gasteiger partial charge in [-0.15, -0.1) is 0 Å². The Kier molecular flexibility index (Phi) is 18.8. The third-order valence-electron chi connectivity index (χ3n) is 0.349. The second-order valence-corrected chi connectivity index (χ2v) is 1.20. The second kappa shape index (κ2) is 12.2. The summed E-state index contributed by atoms with van der Waals surface area (Å²) >= 11 is 0. The Morgan fingerprint density at radius 2 is 1.09 bits per heavy atom. The van der Waals surface area contributed by atoms with Crippen LogP contribution in [-0.4, -0.2) is 35.2 Å². The molecule has 0 aromatic carbocycles. The summed E-state index contributed by atoms with van der Waals surface area (Å²) in [6.45, 7) is -0.556. The summed E-state index contributed by atoms with van der Waals surface area (Å²) < 4.78 is 0. The van der Waals surface area contributed by atoms with E-state index in [1.807, 2.05) is 0 Å². The molecule has 7 heteroatoms. The van der Waals surface area contributed by atoms with Crippen molar-refractivity contribution >= 4 is 11.9 Å². The molecular formula is C4H10N2O4Pt. The zero-order valence-corrected chi connectivity index (χ0v) is 7.87. The first-order valence-corrected chi connectivity index (χ1v) is 2.38. The van der Waals surface area contributed by atoms with E-state index in [1.165, 1.54) is 0 Å². The van der Waals surface area contributed by atoms with E-state index in [2.05, 4.69) is 11.5 Å². The average molecular weight is 345 g/mol. The molecule has 0 rings (SSSR count). The number of hydrogen-bond donors (Lipinski definition) is 4. The average Bonchev–Trinajstić information content (AvgIpc) is 1.89. The van der Waals surface area contributed by atoms with Crippen molar-refractivity contribution in [2.24, 2.45) is 11.5 Å². The number of aliphatic carboxylic acids is 2. The van der Waals surface area contributed by atoms with Crippen molar-refractivity contribution in [1.29, 1.82) is 0 Å². The standard InChI is InChI=1S/2C2H5NO2.Pt/c2*3-1-2(4)5;/h2*1,3H2,(H,4,5);. The minimum atomic E-state index is -0.968. The van der Waals surface area contributed by atoms with Crippen molar-refractivity contribution in [3.8, 4) is 0 Å². The van der Waals surface area contributed by atoms with Crippen LogP contribution in [0, 0.1) is 0 Å². The molecule has 0 fully saturated rings. The molecule has 0 aromatic heterocycles. The van der Waals surface area contributed by atoms with Crippen LogP contribution in [0.25, 0.3) is 0 Å². The van der Waals surface area contributed by atoms with E-state index < -0.39 is 11.9 Å². The third-order valence-corrected chi connectivity index (χ3v) is 0.349. The van der Waals surface area contributed by atoms with Gasteiger partial charge >= 0.3 is 11.9 Å². The summed E-state index contributed by atoms with van der Waals surface area (Å²) in [6.07, 6.45) is 0. The molecule has 0 radical (unpaired) electrons. The van der Waals surface area contributed by atoms with Crippen LogP contribution in [0.1, 0.15) is 0 Å². The van der Waals surface area contributed by atoms with Gasteiger partial charge in [-0.3, -0.25) is 9.59 Å². The minimum Gasteiger partial charge on any atom is -0.480 e. The first-order chi connectivity index (χ1) is 4.54. The van der Waals surface area contributed by atoms with Crippen LogP contribution in [0.5, 0.6) is 0 Å². The van der Waals surface area contributed by atoms with Crippen LogP contribution in [0.4, 0.5) is 0 Å². The molecule has 0 amide bonds. The molecule has 70 valence electrons. The van der Waals surface area contributed by atoms with Crippen molar-refractivity contribution < 1.29 is 40.9 Å². The molecule has 0 spiro atoms. The normalized spacial score (nSPS) is 6.73. The van der Waals surface area contributed by atoms with Crippen LogP contribution in [0.2, 0.25) is 0 Å². The number of carboxylic acid groups (broad SMARTS) is 2. The van der Waals surface area contributed by atoms with Crippen LogP contribution in [0.3, 0.4) is 0 Å². The van der Waals surface area contributed by atoms with Crippen LogP contribution < -0.4 is 11.5 Å².